The fraction of sp³-hybridized carbons (Fsp3) is 0.267. The first-order valence-corrected chi connectivity index (χ1v) is 7.56. The van der Waals surface area contributed by atoms with E-state index in [1.165, 1.54) is 23.7 Å². The first kappa shape index (κ1) is 14.4. The molecule has 0 bridgehead atoms. The summed E-state index contributed by atoms with van der Waals surface area (Å²) >= 11 is 1.42. The van der Waals surface area contributed by atoms with E-state index in [2.05, 4.69) is 11.4 Å². The third-order valence-corrected chi connectivity index (χ3v) is 4.55. The maximum absolute atomic E-state index is 11.9. The number of hydrogen-bond acceptors (Lipinski definition) is 6. The van der Waals surface area contributed by atoms with Gasteiger partial charge in [0.15, 0.2) is 6.61 Å². The van der Waals surface area contributed by atoms with E-state index in [0.717, 1.165) is 29.7 Å². The molecule has 0 spiro atoms. The maximum Gasteiger partial charge on any atom is 0.374 e. The Balaban J connectivity index is 1.61. The van der Waals surface area contributed by atoms with Gasteiger partial charge < -0.3 is 14.5 Å². The lowest BCUT2D eigenvalue weighted by atomic mass is 10.1. The molecule has 0 radical (unpaired) electrons. The Labute approximate surface area is 130 Å². The van der Waals surface area contributed by atoms with Crippen LogP contribution in [0.5, 0.6) is 0 Å². The van der Waals surface area contributed by atoms with E-state index in [-0.39, 0.29) is 5.76 Å². The number of furan rings is 1. The number of carbonyl (C=O) groups excluding carboxylic acids is 2. The number of rotatable bonds is 4. The summed E-state index contributed by atoms with van der Waals surface area (Å²) in [5.41, 5.74) is 1.57. The Morgan fingerprint density at radius 2 is 2.32 bits per heavy atom. The average Bonchev–Trinajstić information content (AvgIpc) is 3.21. The van der Waals surface area contributed by atoms with Gasteiger partial charge in [0, 0.05) is 4.88 Å². The predicted octanol–water partition coefficient (Wildman–Crippen LogP) is 2.50. The van der Waals surface area contributed by atoms with Crippen molar-refractivity contribution in [1.82, 2.24) is 0 Å². The monoisotopic (exact) mass is 316 g/mol. The molecule has 2 aromatic rings. The van der Waals surface area contributed by atoms with Crippen molar-refractivity contribution in [1.29, 1.82) is 5.26 Å². The lowest BCUT2D eigenvalue weighted by molar-refractivity contribution is -0.119. The van der Waals surface area contributed by atoms with E-state index in [0.29, 0.717) is 10.6 Å². The molecule has 1 N–H and O–H groups in total. The summed E-state index contributed by atoms with van der Waals surface area (Å²) in [7, 11) is 0. The number of thiophene rings is 1. The zero-order chi connectivity index (χ0) is 15.5. The average molecular weight is 316 g/mol. The van der Waals surface area contributed by atoms with Crippen LogP contribution in [-0.2, 0) is 22.4 Å². The second kappa shape index (κ2) is 6.03. The van der Waals surface area contributed by atoms with Gasteiger partial charge in [-0.15, -0.1) is 11.3 Å². The second-order valence-electron chi connectivity index (χ2n) is 4.77. The number of nitrogens with zero attached hydrogens (tertiary/aromatic N) is 1. The molecule has 0 aromatic carbocycles. The minimum Gasteiger partial charge on any atom is -0.457 e. The van der Waals surface area contributed by atoms with E-state index < -0.39 is 18.5 Å². The number of esters is 1. The van der Waals surface area contributed by atoms with Crippen LogP contribution < -0.4 is 5.32 Å². The van der Waals surface area contributed by atoms with Crippen molar-refractivity contribution in [3.63, 3.8) is 0 Å². The molecule has 2 heterocycles. The molecule has 7 heteroatoms. The normalized spacial score (nSPS) is 12.5. The van der Waals surface area contributed by atoms with Crippen LogP contribution in [-0.4, -0.2) is 18.5 Å². The molecule has 0 saturated carbocycles. The summed E-state index contributed by atoms with van der Waals surface area (Å²) in [6.45, 7) is -0.424. The zero-order valence-electron chi connectivity index (χ0n) is 11.5. The molecule has 1 amide bonds. The highest BCUT2D eigenvalue weighted by Crippen LogP contribution is 2.38. The molecule has 2 aromatic heterocycles. The van der Waals surface area contributed by atoms with Crippen molar-refractivity contribution >= 4 is 28.2 Å². The van der Waals surface area contributed by atoms with Gasteiger partial charge in [0.05, 0.1) is 11.8 Å². The van der Waals surface area contributed by atoms with Crippen LogP contribution in [0.15, 0.2) is 22.8 Å². The Morgan fingerprint density at radius 3 is 3.05 bits per heavy atom. The van der Waals surface area contributed by atoms with Gasteiger partial charge >= 0.3 is 5.97 Å². The number of hydrogen-bond donors (Lipinski definition) is 1. The predicted molar refractivity (Wildman–Crippen MR) is 78.7 cm³/mol. The van der Waals surface area contributed by atoms with E-state index in [1.807, 2.05) is 0 Å². The van der Waals surface area contributed by atoms with Gasteiger partial charge in [-0.2, -0.15) is 5.26 Å². The van der Waals surface area contributed by atoms with Crippen LogP contribution in [0.4, 0.5) is 5.00 Å². The highest BCUT2D eigenvalue weighted by atomic mass is 32.1. The van der Waals surface area contributed by atoms with Gasteiger partial charge in [-0.05, 0) is 37.0 Å². The number of ether oxygens (including phenoxy) is 1. The summed E-state index contributed by atoms with van der Waals surface area (Å²) in [5.74, 6) is -1.13. The molecule has 1 aliphatic rings. The molecule has 0 saturated heterocycles. The van der Waals surface area contributed by atoms with Crippen LogP contribution in [0, 0.1) is 11.3 Å². The zero-order valence-corrected chi connectivity index (χ0v) is 12.4. The number of nitrogens with one attached hydrogen (secondary N) is 1. The smallest absolute Gasteiger partial charge is 0.374 e. The molecule has 6 nitrogen and oxygen atoms in total. The quantitative estimate of drug-likeness (QED) is 0.875. The van der Waals surface area contributed by atoms with Crippen molar-refractivity contribution in [2.75, 3.05) is 11.9 Å². The summed E-state index contributed by atoms with van der Waals surface area (Å²) in [4.78, 5) is 24.6. The van der Waals surface area contributed by atoms with E-state index in [9.17, 15) is 14.9 Å². The molecule has 112 valence electrons. The molecule has 0 aliphatic heterocycles. The second-order valence-corrected chi connectivity index (χ2v) is 5.88. The third kappa shape index (κ3) is 2.73. The minimum atomic E-state index is -0.700. The molecule has 0 fully saturated rings. The standard InChI is InChI=1S/C15H12N2O4S/c16-7-10-9-3-1-5-12(9)22-14(10)17-13(18)8-21-15(19)11-4-2-6-20-11/h2,4,6H,1,3,5,8H2,(H,17,18). The van der Waals surface area contributed by atoms with E-state index in [1.54, 1.807) is 6.07 Å². The summed E-state index contributed by atoms with van der Waals surface area (Å²) < 4.78 is 9.72. The Hall–Kier alpha value is -2.59. The van der Waals surface area contributed by atoms with E-state index in [4.69, 9.17) is 9.15 Å². The molecule has 22 heavy (non-hydrogen) atoms. The van der Waals surface area contributed by atoms with Crippen LogP contribution in [0.3, 0.4) is 0 Å². The Kier molecular flexibility index (Phi) is 3.94. The molecule has 3 rings (SSSR count). The largest absolute Gasteiger partial charge is 0.457 e. The van der Waals surface area contributed by atoms with Crippen molar-refractivity contribution in [2.24, 2.45) is 0 Å². The fourth-order valence-corrected chi connectivity index (χ4v) is 3.63. The fourth-order valence-electron chi connectivity index (χ4n) is 2.37. The third-order valence-electron chi connectivity index (χ3n) is 3.34. The number of nitriles is 1. The Bertz CT molecular complexity index is 755. The SMILES string of the molecule is N#Cc1c(NC(=O)COC(=O)c2ccco2)sc2c1CCC2. The summed E-state index contributed by atoms with van der Waals surface area (Å²) in [6, 6.07) is 5.16. The number of aryl methyl sites for hydroxylation is 1. The van der Waals surface area contributed by atoms with Crippen molar-refractivity contribution < 1.29 is 18.7 Å². The molecular formula is C15H12N2O4S. The minimum absolute atomic E-state index is 0.0422. The lowest BCUT2D eigenvalue weighted by Crippen LogP contribution is -2.20. The van der Waals surface area contributed by atoms with Gasteiger partial charge in [0.2, 0.25) is 5.76 Å². The van der Waals surface area contributed by atoms with Gasteiger partial charge in [0.25, 0.3) is 5.91 Å². The molecule has 1 aliphatic carbocycles. The van der Waals surface area contributed by atoms with Crippen molar-refractivity contribution in [2.45, 2.75) is 19.3 Å². The lowest BCUT2D eigenvalue weighted by Gasteiger charge is -2.04. The van der Waals surface area contributed by atoms with Crippen molar-refractivity contribution in [3.8, 4) is 6.07 Å². The van der Waals surface area contributed by atoms with Crippen LogP contribution in [0.1, 0.15) is 33.0 Å². The van der Waals surface area contributed by atoms with Crippen LogP contribution in [0.2, 0.25) is 0 Å². The van der Waals surface area contributed by atoms with Gasteiger partial charge in [0.1, 0.15) is 11.1 Å². The van der Waals surface area contributed by atoms with E-state index >= 15 is 0 Å². The van der Waals surface area contributed by atoms with Gasteiger partial charge in [-0.3, -0.25) is 4.79 Å². The first-order chi connectivity index (χ1) is 10.7. The highest BCUT2D eigenvalue weighted by molar-refractivity contribution is 7.16. The molecule has 0 atom stereocenters. The molecule has 0 unspecified atom stereocenters. The van der Waals surface area contributed by atoms with Crippen molar-refractivity contribution in [3.05, 3.63) is 40.2 Å². The molecular weight excluding hydrogens is 304 g/mol. The highest BCUT2D eigenvalue weighted by Gasteiger charge is 2.23. The summed E-state index contributed by atoms with van der Waals surface area (Å²) in [6.07, 6.45) is 4.21. The Morgan fingerprint density at radius 1 is 1.45 bits per heavy atom. The number of fused-ring (bicyclic) bond motifs is 1. The number of anilines is 1. The summed E-state index contributed by atoms with van der Waals surface area (Å²) in [5, 5.41) is 12.4. The topological polar surface area (TPSA) is 92.3 Å². The number of carbonyl (C=O) groups is 2. The van der Waals surface area contributed by atoms with Gasteiger partial charge in [-0.25, -0.2) is 4.79 Å². The first-order valence-electron chi connectivity index (χ1n) is 6.74. The number of amides is 1. The van der Waals surface area contributed by atoms with Crippen LogP contribution >= 0.6 is 11.3 Å². The maximum atomic E-state index is 11.9. The van der Waals surface area contributed by atoms with Gasteiger partial charge in [-0.1, -0.05) is 0 Å². The van der Waals surface area contributed by atoms with Crippen LogP contribution in [0.25, 0.3) is 0 Å².